The van der Waals surface area contributed by atoms with Crippen LogP contribution in [0.3, 0.4) is 0 Å². The van der Waals surface area contributed by atoms with Crippen molar-refractivity contribution in [1.29, 1.82) is 0 Å². The molecule has 2 saturated heterocycles. The number of nitrogens with zero attached hydrogens (tertiary/aromatic N) is 2. The number of benzene rings is 1. The van der Waals surface area contributed by atoms with Crippen LogP contribution < -0.4 is 15.1 Å². The van der Waals surface area contributed by atoms with Gasteiger partial charge in [0.2, 0.25) is 5.91 Å². The summed E-state index contributed by atoms with van der Waals surface area (Å²) in [4.78, 5) is 29.9. The van der Waals surface area contributed by atoms with E-state index in [1.807, 2.05) is 24.3 Å². The maximum absolute atomic E-state index is 12.5. The summed E-state index contributed by atoms with van der Waals surface area (Å²) in [7, 11) is 1.71. The number of ether oxygens (including phenoxy) is 1. The molecular formula is C21H33N4O3+. The highest BCUT2D eigenvalue weighted by Gasteiger charge is 2.26. The summed E-state index contributed by atoms with van der Waals surface area (Å²) in [6.07, 6.45) is 3.60. The number of hydrogen-bond donors (Lipinski definition) is 2. The number of amides is 2. The van der Waals surface area contributed by atoms with E-state index < -0.39 is 0 Å². The third-order valence-corrected chi connectivity index (χ3v) is 5.79. The average molecular weight is 390 g/mol. The van der Waals surface area contributed by atoms with Crippen LogP contribution >= 0.6 is 0 Å². The van der Waals surface area contributed by atoms with Crippen LogP contribution in [-0.4, -0.2) is 75.7 Å². The maximum atomic E-state index is 12.5. The maximum Gasteiger partial charge on any atom is 0.277 e. The zero-order chi connectivity index (χ0) is 19.9. The second kappa shape index (κ2) is 9.89. The molecule has 2 aliphatic heterocycles. The van der Waals surface area contributed by atoms with Crippen molar-refractivity contribution in [3.63, 3.8) is 0 Å². The minimum absolute atomic E-state index is 0.0292. The van der Waals surface area contributed by atoms with E-state index in [2.05, 4.69) is 17.1 Å². The van der Waals surface area contributed by atoms with Crippen molar-refractivity contribution in [2.24, 2.45) is 0 Å². The van der Waals surface area contributed by atoms with E-state index in [0.29, 0.717) is 12.6 Å². The van der Waals surface area contributed by atoms with E-state index in [0.717, 1.165) is 44.2 Å². The average Bonchev–Trinajstić information content (AvgIpc) is 2.71. The highest BCUT2D eigenvalue weighted by Crippen LogP contribution is 2.19. The predicted octanol–water partition coefficient (Wildman–Crippen LogP) is 0.377. The van der Waals surface area contributed by atoms with Crippen molar-refractivity contribution < 1.29 is 19.2 Å². The van der Waals surface area contributed by atoms with E-state index in [4.69, 9.17) is 4.74 Å². The topological polar surface area (TPSA) is 66.3 Å². The second-order valence-electron chi connectivity index (χ2n) is 7.93. The molecule has 7 nitrogen and oxygen atoms in total. The Balaban J connectivity index is 1.45. The standard InChI is InChI=1S/C21H32N4O3/c1-17-5-3-4-10-25(17)16-21(27)23(2)15-20(26)22-18-6-8-19(9-7-18)24-11-13-28-14-12-24/h6-9,17H,3-5,10-16H2,1-2H3,(H,22,26)/p+1/t17-/m1/s1. The monoisotopic (exact) mass is 389 g/mol. The van der Waals surface area contributed by atoms with E-state index in [9.17, 15) is 9.59 Å². The molecule has 0 aromatic heterocycles. The highest BCUT2D eigenvalue weighted by molar-refractivity contribution is 5.94. The van der Waals surface area contributed by atoms with E-state index >= 15 is 0 Å². The molecular weight excluding hydrogens is 356 g/mol. The lowest BCUT2D eigenvalue weighted by Crippen LogP contribution is -3.17. The van der Waals surface area contributed by atoms with Crippen molar-refractivity contribution in [1.82, 2.24) is 4.90 Å². The van der Waals surface area contributed by atoms with Crippen LogP contribution in [0.1, 0.15) is 26.2 Å². The molecule has 1 aromatic rings. The molecule has 0 radical (unpaired) electrons. The smallest absolute Gasteiger partial charge is 0.277 e. The van der Waals surface area contributed by atoms with Gasteiger partial charge in [0.15, 0.2) is 6.54 Å². The molecule has 0 bridgehead atoms. The number of nitrogens with one attached hydrogen (secondary N) is 2. The molecule has 2 heterocycles. The molecule has 2 aliphatic rings. The van der Waals surface area contributed by atoms with Crippen LogP contribution in [0.2, 0.25) is 0 Å². The molecule has 0 aliphatic carbocycles. The van der Waals surface area contributed by atoms with Crippen molar-refractivity contribution >= 4 is 23.2 Å². The summed E-state index contributed by atoms with van der Waals surface area (Å²) < 4.78 is 5.38. The van der Waals surface area contributed by atoms with Crippen molar-refractivity contribution in [2.45, 2.75) is 32.2 Å². The van der Waals surface area contributed by atoms with Gasteiger partial charge in [0, 0.05) is 31.5 Å². The molecule has 2 atom stereocenters. The van der Waals surface area contributed by atoms with Crippen LogP contribution in [0.15, 0.2) is 24.3 Å². The Morgan fingerprint density at radius 1 is 1.21 bits per heavy atom. The molecule has 154 valence electrons. The molecule has 2 amide bonds. The first-order valence-corrected chi connectivity index (χ1v) is 10.3. The summed E-state index contributed by atoms with van der Waals surface area (Å²) in [5, 5.41) is 2.89. The lowest BCUT2D eigenvalue weighted by Gasteiger charge is -2.30. The van der Waals surface area contributed by atoms with Gasteiger partial charge in [-0.25, -0.2) is 0 Å². The number of hydrogen-bond acceptors (Lipinski definition) is 4. The fraction of sp³-hybridized carbons (Fsp3) is 0.619. The molecule has 3 rings (SSSR count). The Morgan fingerprint density at radius 3 is 2.61 bits per heavy atom. The van der Waals surface area contributed by atoms with Gasteiger partial charge >= 0.3 is 0 Å². The van der Waals surface area contributed by atoms with Crippen LogP contribution in [0.5, 0.6) is 0 Å². The number of anilines is 2. The quantitative estimate of drug-likeness (QED) is 0.738. The van der Waals surface area contributed by atoms with Gasteiger partial charge in [0.25, 0.3) is 5.91 Å². The van der Waals surface area contributed by atoms with Crippen LogP contribution in [0.4, 0.5) is 11.4 Å². The van der Waals surface area contributed by atoms with Crippen molar-refractivity contribution in [3.05, 3.63) is 24.3 Å². The Morgan fingerprint density at radius 2 is 1.93 bits per heavy atom. The summed E-state index contributed by atoms with van der Waals surface area (Å²) in [5.74, 6) is -0.141. The van der Waals surface area contributed by atoms with Crippen molar-refractivity contribution in [2.75, 3.05) is 63.2 Å². The van der Waals surface area contributed by atoms with Gasteiger partial charge in [-0.05, 0) is 50.5 Å². The van der Waals surface area contributed by atoms with Gasteiger partial charge in [0.1, 0.15) is 0 Å². The van der Waals surface area contributed by atoms with E-state index in [-0.39, 0.29) is 18.4 Å². The molecule has 28 heavy (non-hydrogen) atoms. The lowest BCUT2D eigenvalue weighted by molar-refractivity contribution is -0.921. The molecule has 2 fully saturated rings. The summed E-state index contributed by atoms with van der Waals surface area (Å²) in [5.41, 5.74) is 1.88. The Kier molecular flexibility index (Phi) is 7.28. The number of rotatable bonds is 6. The van der Waals surface area contributed by atoms with E-state index in [1.165, 1.54) is 29.1 Å². The second-order valence-corrected chi connectivity index (χ2v) is 7.93. The van der Waals surface area contributed by atoms with Gasteiger partial charge in [0.05, 0.1) is 32.3 Å². The fourth-order valence-electron chi connectivity index (χ4n) is 3.93. The summed E-state index contributed by atoms with van der Waals surface area (Å²) in [6, 6.07) is 8.35. The minimum atomic E-state index is -0.170. The SMILES string of the molecule is C[C@@H]1CCCC[NH+]1CC(=O)N(C)CC(=O)Nc1ccc(N2CCOCC2)cc1. The third kappa shape index (κ3) is 5.69. The van der Waals surface area contributed by atoms with Gasteiger partial charge in [-0.3, -0.25) is 9.59 Å². The number of carbonyl (C=O) groups excluding carboxylic acids is 2. The molecule has 2 N–H and O–H groups in total. The van der Waals surface area contributed by atoms with Gasteiger partial charge < -0.3 is 24.8 Å². The fourth-order valence-corrected chi connectivity index (χ4v) is 3.93. The van der Waals surface area contributed by atoms with Gasteiger partial charge in [-0.15, -0.1) is 0 Å². The number of carbonyl (C=O) groups is 2. The Hall–Kier alpha value is -2.12. The third-order valence-electron chi connectivity index (χ3n) is 5.79. The van der Waals surface area contributed by atoms with Crippen LogP contribution in [0, 0.1) is 0 Å². The first kappa shape index (κ1) is 20.6. The molecule has 1 aromatic carbocycles. The highest BCUT2D eigenvalue weighted by atomic mass is 16.5. The molecule has 0 spiro atoms. The summed E-state index contributed by atoms with van der Waals surface area (Å²) in [6.45, 7) is 7.06. The van der Waals surface area contributed by atoms with Gasteiger partial charge in [-0.1, -0.05) is 0 Å². The first-order chi connectivity index (χ1) is 13.5. The van der Waals surface area contributed by atoms with Gasteiger partial charge in [-0.2, -0.15) is 0 Å². The normalized spacial score (nSPS) is 22.6. The van der Waals surface area contributed by atoms with Crippen LogP contribution in [-0.2, 0) is 14.3 Å². The molecule has 1 unspecified atom stereocenters. The predicted molar refractivity (Wildman–Crippen MR) is 110 cm³/mol. The molecule has 0 saturated carbocycles. The number of quaternary nitrogens is 1. The molecule has 7 heteroatoms. The largest absolute Gasteiger partial charge is 0.378 e. The number of piperidine rings is 1. The zero-order valence-corrected chi connectivity index (χ0v) is 17.1. The van der Waals surface area contributed by atoms with Crippen molar-refractivity contribution in [3.8, 4) is 0 Å². The Labute approximate surface area is 167 Å². The first-order valence-electron chi connectivity index (χ1n) is 10.3. The number of likely N-dealkylation sites (N-methyl/N-ethyl adjacent to an activating group) is 1. The Bertz CT molecular complexity index is 658. The van der Waals surface area contributed by atoms with Crippen LogP contribution in [0.25, 0.3) is 0 Å². The lowest BCUT2D eigenvalue weighted by atomic mass is 10.0. The number of likely N-dealkylation sites (tertiary alicyclic amines) is 1. The minimum Gasteiger partial charge on any atom is -0.378 e. The zero-order valence-electron chi connectivity index (χ0n) is 17.1. The summed E-state index contributed by atoms with van der Waals surface area (Å²) >= 11 is 0. The van der Waals surface area contributed by atoms with E-state index in [1.54, 1.807) is 7.05 Å². The number of morpholine rings is 1.